The van der Waals surface area contributed by atoms with Crippen LogP contribution in [0.3, 0.4) is 0 Å². The molecule has 0 aliphatic carbocycles. The van der Waals surface area contributed by atoms with Crippen LogP contribution in [0.5, 0.6) is 0 Å². The summed E-state index contributed by atoms with van der Waals surface area (Å²) in [4.78, 5) is 25.5. The second kappa shape index (κ2) is 10.1. The monoisotopic (exact) mass is 459 g/mol. The molecule has 1 N–H and O–H groups in total. The molecule has 0 spiro atoms. The highest BCUT2D eigenvalue weighted by Gasteiger charge is 2.30. The van der Waals surface area contributed by atoms with Gasteiger partial charge >= 0.3 is 6.18 Å². The molecule has 0 radical (unpaired) electrons. The third kappa shape index (κ3) is 6.39. The van der Waals surface area contributed by atoms with Gasteiger partial charge in [-0.05, 0) is 29.8 Å². The predicted molar refractivity (Wildman–Crippen MR) is 114 cm³/mol. The van der Waals surface area contributed by atoms with Crippen LogP contribution in [0.25, 0.3) is 0 Å². The van der Waals surface area contributed by atoms with Crippen LogP contribution in [0.15, 0.2) is 59.3 Å². The number of halogens is 3. The Morgan fingerprint density at radius 1 is 1.03 bits per heavy atom. The second-order valence-corrected chi connectivity index (χ2v) is 7.88. The first-order valence-corrected chi connectivity index (χ1v) is 10.6. The van der Waals surface area contributed by atoms with Gasteiger partial charge in [0.2, 0.25) is 5.89 Å². The van der Waals surface area contributed by atoms with Gasteiger partial charge in [0.1, 0.15) is 6.26 Å². The highest BCUT2D eigenvalue weighted by Crippen LogP contribution is 2.29. The maximum absolute atomic E-state index is 12.8. The van der Waals surface area contributed by atoms with Crippen LogP contribution in [-0.2, 0) is 25.8 Å². The molecule has 4 rings (SSSR count). The minimum absolute atomic E-state index is 0.0385. The van der Waals surface area contributed by atoms with E-state index in [1.54, 1.807) is 6.20 Å². The van der Waals surface area contributed by atoms with Crippen molar-refractivity contribution in [1.82, 2.24) is 25.1 Å². The molecule has 7 nitrogen and oxygen atoms in total. The molecule has 1 aliphatic heterocycles. The summed E-state index contributed by atoms with van der Waals surface area (Å²) in [6, 6.07) is 10.7. The number of aromatic nitrogens is 2. The Morgan fingerprint density at radius 2 is 1.79 bits per heavy atom. The lowest BCUT2D eigenvalue weighted by Gasteiger charge is -2.33. The summed E-state index contributed by atoms with van der Waals surface area (Å²) in [5, 5.41) is 2.58. The zero-order valence-electron chi connectivity index (χ0n) is 17.9. The summed E-state index contributed by atoms with van der Waals surface area (Å²) in [6.45, 7) is 4.72. The lowest BCUT2D eigenvalue weighted by Crippen LogP contribution is -2.45. The minimum Gasteiger partial charge on any atom is -0.447 e. The van der Waals surface area contributed by atoms with Gasteiger partial charge in [-0.2, -0.15) is 13.2 Å². The summed E-state index contributed by atoms with van der Waals surface area (Å²) in [5.74, 6) is -0.0695. The fraction of sp³-hybridized carbons (Fsp3) is 0.348. The molecule has 1 saturated heterocycles. The Balaban J connectivity index is 1.24. The molecular weight excluding hydrogens is 435 g/mol. The van der Waals surface area contributed by atoms with E-state index >= 15 is 0 Å². The van der Waals surface area contributed by atoms with Crippen LogP contribution < -0.4 is 5.32 Å². The molecule has 0 atom stereocenters. The third-order valence-corrected chi connectivity index (χ3v) is 5.43. The van der Waals surface area contributed by atoms with Gasteiger partial charge < -0.3 is 9.73 Å². The van der Waals surface area contributed by atoms with E-state index in [0.717, 1.165) is 50.6 Å². The van der Waals surface area contributed by atoms with Gasteiger partial charge in [0.05, 0.1) is 17.8 Å². The van der Waals surface area contributed by atoms with E-state index in [-0.39, 0.29) is 12.2 Å². The molecule has 0 bridgehead atoms. The third-order valence-electron chi connectivity index (χ3n) is 5.43. The number of rotatable bonds is 7. The summed E-state index contributed by atoms with van der Waals surface area (Å²) in [7, 11) is 0. The van der Waals surface area contributed by atoms with E-state index in [4.69, 9.17) is 4.42 Å². The average molecular weight is 459 g/mol. The quantitative estimate of drug-likeness (QED) is 0.584. The number of oxazole rings is 1. The number of carbonyl (C=O) groups excluding carboxylic acids is 1. The van der Waals surface area contributed by atoms with E-state index < -0.39 is 17.6 Å². The average Bonchev–Trinajstić information content (AvgIpc) is 3.28. The number of alkyl halides is 3. The molecular formula is C23H24F3N5O2. The van der Waals surface area contributed by atoms with E-state index in [1.807, 2.05) is 18.2 Å². The normalized spacial score (nSPS) is 15.5. The van der Waals surface area contributed by atoms with Crippen LogP contribution in [0, 0.1) is 0 Å². The van der Waals surface area contributed by atoms with Gasteiger partial charge in [-0.1, -0.05) is 18.2 Å². The van der Waals surface area contributed by atoms with Crippen molar-refractivity contribution in [2.24, 2.45) is 0 Å². The van der Waals surface area contributed by atoms with Crippen LogP contribution in [0.1, 0.15) is 33.2 Å². The van der Waals surface area contributed by atoms with Crippen LogP contribution >= 0.6 is 0 Å². The zero-order chi connectivity index (χ0) is 23.3. The summed E-state index contributed by atoms with van der Waals surface area (Å²) in [6.07, 6.45) is -1.36. The maximum atomic E-state index is 12.8. The maximum Gasteiger partial charge on any atom is 0.416 e. The molecule has 0 unspecified atom stereocenters. The summed E-state index contributed by atoms with van der Waals surface area (Å²) < 4.78 is 43.9. The Morgan fingerprint density at radius 3 is 2.48 bits per heavy atom. The molecule has 174 valence electrons. The van der Waals surface area contributed by atoms with Gasteiger partial charge in [-0.25, -0.2) is 4.98 Å². The standard InChI is InChI=1S/C23H24F3N5O2/c24-23(25,26)18-5-3-4-17(12-18)13-28-22(32)20-16-33-21(29-20)15-31-10-8-30(9-11-31)14-19-6-1-2-7-27-19/h1-7,12,16H,8-11,13-15H2,(H,28,32). The predicted octanol–water partition coefficient (Wildman–Crippen LogP) is 3.34. The number of nitrogens with one attached hydrogen (secondary N) is 1. The molecule has 0 saturated carbocycles. The van der Waals surface area contributed by atoms with Crippen molar-refractivity contribution in [1.29, 1.82) is 0 Å². The summed E-state index contributed by atoms with van der Waals surface area (Å²) in [5.41, 5.74) is 0.744. The molecule has 1 aliphatic rings. The highest BCUT2D eigenvalue weighted by molar-refractivity contribution is 5.91. The number of hydrogen-bond acceptors (Lipinski definition) is 6. The summed E-state index contributed by atoms with van der Waals surface area (Å²) >= 11 is 0. The lowest BCUT2D eigenvalue weighted by molar-refractivity contribution is -0.137. The van der Waals surface area contributed by atoms with Crippen LogP contribution in [0.2, 0.25) is 0 Å². The fourth-order valence-corrected chi connectivity index (χ4v) is 3.64. The lowest BCUT2D eigenvalue weighted by atomic mass is 10.1. The van der Waals surface area contributed by atoms with Crippen molar-refractivity contribution in [2.75, 3.05) is 26.2 Å². The first-order valence-electron chi connectivity index (χ1n) is 10.6. The molecule has 1 fully saturated rings. The molecule has 10 heteroatoms. The van der Waals surface area contributed by atoms with Crippen molar-refractivity contribution in [3.05, 3.63) is 83.3 Å². The Bertz CT molecular complexity index is 1060. The van der Waals surface area contributed by atoms with E-state index in [9.17, 15) is 18.0 Å². The van der Waals surface area contributed by atoms with Gasteiger partial charge in [-0.15, -0.1) is 0 Å². The topological polar surface area (TPSA) is 74.5 Å². The molecule has 2 aromatic heterocycles. The number of nitrogens with zero attached hydrogens (tertiary/aromatic N) is 4. The molecule has 33 heavy (non-hydrogen) atoms. The van der Waals surface area contributed by atoms with E-state index in [0.29, 0.717) is 18.0 Å². The van der Waals surface area contributed by atoms with E-state index in [1.165, 1.54) is 18.4 Å². The molecule has 1 amide bonds. The smallest absolute Gasteiger partial charge is 0.416 e. The second-order valence-electron chi connectivity index (χ2n) is 7.88. The molecule has 3 heterocycles. The Kier molecular flexibility index (Phi) is 7.05. The zero-order valence-corrected chi connectivity index (χ0v) is 17.9. The van der Waals surface area contributed by atoms with Crippen molar-refractivity contribution < 1.29 is 22.4 Å². The molecule has 3 aromatic rings. The fourth-order valence-electron chi connectivity index (χ4n) is 3.64. The van der Waals surface area contributed by atoms with Crippen LogP contribution in [0.4, 0.5) is 13.2 Å². The van der Waals surface area contributed by atoms with Gasteiger partial charge in [0.15, 0.2) is 5.69 Å². The van der Waals surface area contributed by atoms with Crippen molar-refractivity contribution >= 4 is 5.91 Å². The Hall–Kier alpha value is -3.24. The van der Waals surface area contributed by atoms with E-state index in [2.05, 4.69) is 25.1 Å². The van der Waals surface area contributed by atoms with Gasteiger partial charge in [0, 0.05) is 45.5 Å². The Labute approximate surface area is 189 Å². The van der Waals surface area contributed by atoms with Crippen molar-refractivity contribution in [2.45, 2.75) is 25.8 Å². The number of amides is 1. The minimum atomic E-state index is -4.43. The largest absolute Gasteiger partial charge is 0.447 e. The number of pyridine rings is 1. The van der Waals surface area contributed by atoms with Gasteiger partial charge in [0.25, 0.3) is 5.91 Å². The van der Waals surface area contributed by atoms with Gasteiger partial charge in [-0.3, -0.25) is 19.6 Å². The SMILES string of the molecule is O=C(NCc1cccc(C(F)(F)F)c1)c1coc(CN2CCN(Cc3ccccn3)CC2)n1. The number of carbonyl (C=O) groups is 1. The highest BCUT2D eigenvalue weighted by atomic mass is 19.4. The first kappa shape index (κ1) is 22.9. The number of piperazine rings is 1. The van der Waals surface area contributed by atoms with Crippen molar-refractivity contribution in [3.8, 4) is 0 Å². The number of benzene rings is 1. The molecule has 1 aromatic carbocycles. The number of hydrogen-bond donors (Lipinski definition) is 1. The first-order chi connectivity index (χ1) is 15.9. The van der Waals surface area contributed by atoms with Crippen LogP contribution in [-0.4, -0.2) is 51.9 Å². The van der Waals surface area contributed by atoms with Crippen molar-refractivity contribution in [3.63, 3.8) is 0 Å².